The van der Waals surface area contributed by atoms with E-state index in [0.717, 1.165) is 12.8 Å². The Balaban J connectivity index is 1.44. The van der Waals surface area contributed by atoms with Crippen LogP contribution < -0.4 is 4.74 Å². The molecule has 250 valence electrons. The first-order valence-electron chi connectivity index (χ1n) is 16.3. The Kier molecular flexibility index (Phi) is 7.50. The Morgan fingerprint density at radius 2 is 1.81 bits per heavy atom. The number of rotatable bonds is 9. The highest BCUT2D eigenvalue weighted by Gasteiger charge is 2.90. The quantitative estimate of drug-likeness (QED) is 0.120. The molecule has 1 unspecified atom stereocenters. The predicted molar refractivity (Wildman–Crippen MR) is 168 cm³/mol. The van der Waals surface area contributed by atoms with Crippen LogP contribution in [0.3, 0.4) is 0 Å². The number of ether oxygens (including phenoxy) is 5. The van der Waals surface area contributed by atoms with Crippen LogP contribution in [0, 0.1) is 23.7 Å². The molecule has 3 aliphatic carbocycles. The summed E-state index contributed by atoms with van der Waals surface area (Å²) < 4.78 is 32.7. The van der Waals surface area contributed by atoms with Gasteiger partial charge in [-0.15, -0.1) is 0 Å². The van der Waals surface area contributed by atoms with E-state index in [0.29, 0.717) is 11.3 Å². The number of unbranched alkanes of at least 4 members (excludes halogenated alkanes) is 1. The zero-order chi connectivity index (χ0) is 33.6. The first kappa shape index (κ1) is 32.3. The number of aliphatic hydroxyl groups excluding tert-OH is 2. The van der Waals surface area contributed by atoms with Gasteiger partial charge in [0.2, 0.25) is 0 Å². The molecule has 0 spiro atoms. The summed E-state index contributed by atoms with van der Waals surface area (Å²) in [6.45, 7) is 10.8. The van der Waals surface area contributed by atoms with E-state index in [2.05, 4.69) is 19.6 Å². The number of allylic oxidation sites excluding steroid dienone is 5. The normalized spacial score (nSPS) is 46.0. The van der Waals surface area contributed by atoms with Crippen LogP contribution in [0.15, 0.2) is 90.6 Å². The van der Waals surface area contributed by atoms with E-state index in [9.17, 15) is 24.9 Å². The van der Waals surface area contributed by atoms with Crippen LogP contribution in [0.1, 0.15) is 40.5 Å². The second-order valence-corrected chi connectivity index (χ2v) is 13.8. The Bertz CT molecular complexity index is 1610. The fourth-order valence-electron chi connectivity index (χ4n) is 9.19. The highest BCUT2D eigenvalue weighted by Crippen LogP contribution is 2.74. The molecule has 6 aliphatic rings. The number of hydrogen-bond donors (Lipinski definition) is 3. The van der Waals surface area contributed by atoms with Crippen LogP contribution in [-0.4, -0.2) is 80.4 Å². The average Bonchev–Trinajstić information content (AvgIpc) is 3.68. The maximum absolute atomic E-state index is 14.5. The Hall–Kier alpha value is -3.22. The van der Waals surface area contributed by atoms with Crippen molar-refractivity contribution in [3.63, 3.8) is 0 Å². The number of para-hydroxylation sites is 1. The molecule has 47 heavy (non-hydrogen) atoms. The van der Waals surface area contributed by atoms with Gasteiger partial charge in [-0.05, 0) is 43.5 Å². The van der Waals surface area contributed by atoms with Crippen molar-refractivity contribution >= 4 is 11.8 Å². The van der Waals surface area contributed by atoms with E-state index in [4.69, 9.17) is 23.7 Å². The third-order valence-corrected chi connectivity index (χ3v) is 11.3. The molecule has 3 heterocycles. The minimum Gasteiger partial charge on any atom is -0.426 e. The van der Waals surface area contributed by atoms with E-state index in [1.54, 1.807) is 69.3 Å². The van der Waals surface area contributed by atoms with Gasteiger partial charge in [0.05, 0.1) is 18.1 Å². The maximum atomic E-state index is 14.5. The highest BCUT2D eigenvalue weighted by molar-refractivity contribution is 6.05. The summed E-state index contributed by atoms with van der Waals surface area (Å²) in [4.78, 5) is 28.3. The van der Waals surface area contributed by atoms with Crippen molar-refractivity contribution in [1.82, 2.24) is 0 Å². The summed E-state index contributed by atoms with van der Waals surface area (Å²) in [6.07, 6.45) is 10.8. The number of fused-ring (bicyclic) bond motifs is 3. The lowest BCUT2D eigenvalue weighted by Gasteiger charge is -2.61. The Morgan fingerprint density at radius 1 is 1.09 bits per heavy atom. The minimum absolute atomic E-state index is 0.221. The second kappa shape index (κ2) is 10.9. The highest BCUT2D eigenvalue weighted by atomic mass is 16.9. The van der Waals surface area contributed by atoms with Crippen molar-refractivity contribution in [3.05, 3.63) is 90.6 Å². The fourth-order valence-corrected chi connectivity index (χ4v) is 9.19. The number of carbonyl (C=O) groups excluding carboxylic acids is 2. The molecular formula is C37H42O10. The van der Waals surface area contributed by atoms with Crippen LogP contribution in [0.4, 0.5) is 0 Å². The number of esters is 1. The molecule has 5 fully saturated rings. The minimum atomic E-state index is -2.44. The number of Topliss-reactive ketones (excluding diaryl/α,β-unsaturated/α-hetero) is 1. The van der Waals surface area contributed by atoms with Gasteiger partial charge in [0.15, 0.2) is 11.4 Å². The molecule has 2 saturated carbocycles. The fraction of sp³-hybridized carbons (Fsp3) is 0.514. The molecule has 10 nitrogen and oxygen atoms in total. The van der Waals surface area contributed by atoms with Gasteiger partial charge in [-0.1, -0.05) is 81.5 Å². The van der Waals surface area contributed by atoms with Crippen molar-refractivity contribution in [2.45, 2.75) is 87.2 Å². The van der Waals surface area contributed by atoms with Crippen molar-refractivity contribution in [2.24, 2.45) is 23.7 Å². The topological polar surface area (TPSA) is 144 Å². The Morgan fingerprint density at radius 3 is 2.49 bits per heavy atom. The van der Waals surface area contributed by atoms with Crippen molar-refractivity contribution in [1.29, 1.82) is 0 Å². The van der Waals surface area contributed by atoms with Crippen molar-refractivity contribution in [2.75, 3.05) is 6.61 Å². The first-order valence-corrected chi connectivity index (χ1v) is 16.3. The van der Waals surface area contributed by atoms with Gasteiger partial charge in [-0.2, -0.15) is 0 Å². The van der Waals surface area contributed by atoms with Crippen LogP contribution in [0.2, 0.25) is 0 Å². The number of carbonyl (C=O) groups is 2. The molecule has 0 amide bonds. The lowest BCUT2D eigenvalue weighted by atomic mass is 9.50. The van der Waals surface area contributed by atoms with E-state index in [1.807, 2.05) is 18.2 Å². The molecular weight excluding hydrogens is 604 g/mol. The summed E-state index contributed by atoms with van der Waals surface area (Å²) in [7, 11) is 0. The molecule has 3 saturated heterocycles. The summed E-state index contributed by atoms with van der Waals surface area (Å²) in [5.41, 5.74) is -6.53. The summed E-state index contributed by atoms with van der Waals surface area (Å²) in [6, 6.07) is 8.65. The van der Waals surface area contributed by atoms with Gasteiger partial charge in [-0.3, -0.25) is 9.59 Å². The molecule has 3 aliphatic heterocycles. The van der Waals surface area contributed by atoms with Gasteiger partial charge in [0.1, 0.15) is 35.3 Å². The molecule has 0 aromatic heterocycles. The van der Waals surface area contributed by atoms with Gasteiger partial charge in [0.25, 0.3) is 0 Å². The number of ketones is 1. The standard InChI is InChI=1S/C37H42O10/c1-6-7-8-9-10-11-15-18-34-45-30-27-29-33(20-38,44-29)32(41)35(42)25(19-22(4)28(35)39)37(27,47-34)23(5)26(36(30,46-34)21(2)3)31(40)43-24-16-13-12-14-17-24/h8-19,23,25-27,29-30,32,38,41-42H,2,6-7,20H2,1,3-5H3/b9-8+,11-10+,18-15+/t23-,25-,26+,27+,29+,30-,32-,33+,34?,35-,36+,37+/m1/s1. The summed E-state index contributed by atoms with van der Waals surface area (Å²) in [5.74, 6) is -6.79. The van der Waals surface area contributed by atoms with E-state index in [-0.39, 0.29) is 5.57 Å². The zero-order valence-corrected chi connectivity index (χ0v) is 27.0. The maximum Gasteiger partial charge on any atom is 0.318 e. The third-order valence-electron chi connectivity index (χ3n) is 11.3. The largest absolute Gasteiger partial charge is 0.426 e. The number of aliphatic hydroxyl groups is 3. The van der Waals surface area contributed by atoms with Gasteiger partial charge >= 0.3 is 11.9 Å². The first-order chi connectivity index (χ1) is 22.4. The monoisotopic (exact) mass is 646 g/mol. The molecule has 3 bridgehead atoms. The summed E-state index contributed by atoms with van der Waals surface area (Å²) >= 11 is 0. The number of epoxide rings is 1. The zero-order valence-electron chi connectivity index (χ0n) is 27.0. The average molecular weight is 647 g/mol. The Labute approximate surface area is 274 Å². The number of benzene rings is 1. The smallest absolute Gasteiger partial charge is 0.318 e. The summed E-state index contributed by atoms with van der Waals surface area (Å²) in [5, 5.41) is 34.9. The molecule has 7 rings (SSSR count). The predicted octanol–water partition coefficient (Wildman–Crippen LogP) is 3.48. The van der Waals surface area contributed by atoms with Crippen LogP contribution >= 0.6 is 0 Å². The van der Waals surface area contributed by atoms with Crippen molar-refractivity contribution in [3.8, 4) is 5.75 Å². The molecule has 1 aromatic carbocycles. The van der Waals surface area contributed by atoms with Crippen LogP contribution in [-0.2, 0) is 28.5 Å². The lowest BCUT2D eigenvalue weighted by molar-refractivity contribution is -0.407. The molecule has 1 aromatic rings. The van der Waals surface area contributed by atoms with Gasteiger partial charge in [0, 0.05) is 23.8 Å². The SMILES string of the molecule is C=C(C)[C@@]12OC3(/C=C/C=C/C=C/CCC)O[C@@H]1[C@@H]1[C@@H]4O[C@]4(CO)[C@@H](O)[C@]4(O)C(=O)C(C)=C[C@H]4[C@@]1(O3)[C@H](C)[C@H]2C(=O)Oc1ccccc1. The lowest BCUT2D eigenvalue weighted by Crippen LogP contribution is -2.75. The second-order valence-electron chi connectivity index (χ2n) is 13.8. The van der Waals surface area contributed by atoms with Crippen molar-refractivity contribution < 1.29 is 48.6 Å². The van der Waals surface area contributed by atoms with E-state index in [1.165, 1.54) is 0 Å². The van der Waals surface area contributed by atoms with Crippen LogP contribution in [0.5, 0.6) is 5.75 Å². The molecule has 3 N–H and O–H groups in total. The third kappa shape index (κ3) is 4.10. The molecule has 12 atom stereocenters. The van der Waals surface area contributed by atoms with Gasteiger partial charge in [-0.25, -0.2) is 0 Å². The van der Waals surface area contributed by atoms with E-state index < -0.39 is 88.7 Å². The van der Waals surface area contributed by atoms with Crippen LogP contribution in [0.25, 0.3) is 0 Å². The molecule has 10 heteroatoms. The van der Waals surface area contributed by atoms with Gasteiger partial charge < -0.3 is 39.0 Å². The number of hydrogen-bond acceptors (Lipinski definition) is 10. The van der Waals surface area contributed by atoms with E-state index >= 15 is 0 Å². The molecule has 0 radical (unpaired) electrons.